The van der Waals surface area contributed by atoms with Crippen molar-refractivity contribution in [2.75, 3.05) is 37.7 Å². The maximum Gasteiger partial charge on any atom is 0.256 e. The second kappa shape index (κ2) is 12.6. The van der Waals surface area contributed by atoms with Crippen LogP contribution in [0.25, 0.3) is 22.2 Å². The minimum Gasteiger partial charge on any atom is -0.383 e. The normalized spacial score (nSPS) is 16.8. The van der Waals surface area contributed by atoms with Crippen molar-refractivity contribution < 1.29 is 9.59 Å². The molecule has 2 fully saturated rings. The van der Waals surface area contributed by atoms with Gasteiger partial charge in [0.25, 0.3) is 5.91 Å². The summed E-state index contributed by atoms with van der Waals surface area (Å²) in [7, 11) is 2.11. The van der Waals surface area contributed by atoms with E-state index in [2.05, 4.69) is 50.6 Å². The fraction of sp³-hybridized carbons (Fsp3) is 0.382. The van der Waals surface area contributed by atoms with Gasteiger partial charge in [0.05, 0.1) is 11.4 Å². The maximum absolute atomic E-state index is 13.0. The van der Waals surface area contributed by atoms with E-state index in [0.29, 0.717) is 36.3 Å². The lowest BCUT2D eigenvalue weighted by Gasteiger charge is -2.18. The van der Waals surface area contributed by atoms with Crippen LogP contribution in [0.5, 0.6) is 0 Å². The highest BCUT2D eigenvalue weighted by Crippen LogP contribution is 2.40. The predicted molar refractivity (Wildman–Crippen MR) is 173 cm³/mol. The molecule has 6 rings (SSSR count). The fourth-order valence-electron chi connectivity index (χ4n) is 6.28. The van der Waals surface area contributed by atoms with Crippen LogP contribution in [0, 0.1) is 6.92 Å². The van der Waals surface area contributed by atoms with Crippen molar-refractivity contribution in [3.63, 3.8) is 0 Å². The number of carbonyl (C=O) groups excluding carboxylic acids is 2. The lowest BCUT2D eigenvalue weighted by Crippen LogP contribution is -2.28. The van der Waals surface area contributed by atoms with Crippen molar-refractivity contribution in [1.29, 1.82) is 0 Å². The van der Waals surface area contributed by atoms with Crippen LogP contribution in [0.4, 0.5) is 11.6 Å². The van der Waals surface area contributed by atoms with E-state index in [1.165, 1.54) is 19.2 Å². The molecule has 1 aliphatic heterocycles. The van der Waals surface area contributed by atoms with E-state index in [0.717, 1.165) is 59.2 Å². The Morgan fingerprint density at radius 1 is 1.11 bits per heavy atom. The number of nitrogens with zero attached hydrogens (tertiary/aromatic N) is 6. The number of nitrogens with one attached hydrogen (secondary N) is 1. The predicted octanol–water partition coefficient (Wildman–Crippen LogP) is 5.01. The molecule has 1 unspecified atom stereocenters. The highest BCUT2D eigenvalue weighted by atomic mass is 16.2. The molecule has 1 atom stereocenters. The number of fused-ring (bicyclic) bond motifs is 1. The van der Waals surface area contributed by atoms with Crippen molar-refractivity contribution in [1.82, 2.24) is 29.3 Å². The van der Waals surface area contributed by atoms with Crippen molar-refractivity contribution in [2.45, 2.75) is 58.0 Å². The zero-order chi connectivity index (χ0) is 30.8. The Morgan fingerprint density at radius 3 is 2.66 bits per heavy atom. The summed E-state index contributed by atoms with van der Waals surface area (Å²) in [4.78, 5) is 43.5. The van der Waals surface area contributed by atoms with E-state index in [4.69, 9.17) is 5.73 Å². The number of anilines is 2. The van der Waals surface area contributed by atoms with Gasteiger partial charge in [0, 0.05) is 54.8 Å². The lowest BCUT2D eigenvalue weighted by molar-refractivity contribution is -0.125. The van der Waals surface area contributed by atoms with Crippen LogP contribution in [0.3, 0.4) is 0 Å². The summed E-state index contributed by atoms with van der Waals surface area (Å²) in [6.45, 7) is 6.25. The fourth-order valence-corrected chi connectivity index (χ4v) is 6.28. The molecule has 0 spiro atoms. The molecule has 1 aliphatic carbocycles. The first-order valence-electron chi connectivity index (χ1n) is 15.5. The number of nitrogens with two attached hydrogens (primary N) is 1. The van der Waals surface area contributed by atoms with E-state index < -0.39 is 0 Å². The average molecular weight is 593 g/mol. The molecule has 0 bridgehead atoms. The molecule has 0 radical (unpaired) electrons. The first-order chi connectivity index (χ1) is 21.3. The third-order valence-electron chi connectivity index (χ3n) is 8.76. The molecular weight excluding hydrogens is 552 g/mol. The maximum atomic E-state index is 13.0. The van der Waals surface area contributed by atoms with Crippen LogP contribution >= 0.6 is 0 Å². The van der Waals surface area contributed by atoms with Crippen molar-refractivity contribution in [3.8, 4) is 11.1 Å². The number of nitrogen functional groups attached to an aromatic ring is 1. The largest absolute Gasteiger partial charge is 0.383 e. The van der Waals surface area contributed by atoms with Gasteiger partial charge >= 0.3 is 0 Å². The van der Waals surface area contributed by atoms with Crippen LogP contribution in [-0.2, 0) is 11.2 Å². The Morgan fingerprint density at radius 2 is 1.91 bits per heavy atom. The van der Waals surface area contributed by atoms with E-state index in [9.17, 15) is 9.59 Å². The molecule has 1 saturated carbocycles. The summed E-state index contributed by atoms with van der Waals surface area (Å²) in [6, 6.07) is 12.1. The van der Waals surface area contributed by atoms with Crippen molar-refractivity contribution in [2.24, 2.45) is 0 Å². The van der Waals surface area contributed by atoms with E-state index in [1.54, 1.807) is 12.3 Å². The molecule has 10 nitrogen and oxygen atoms in total. The highest BCUT2D eigenvalue weighted by molar-refractivity contribution is 6.05. The number of carbonyl (C=O) groups is 2. The van der Waals surface area contributed by atoms with Gasteiger partial charge in [-0.1, -0.05) is 31.6 Å². The Hall–Kier alpha value is -4.57. The van der Waals surface area contributed by atoms with E-state index >= 15 is 0 Å². The molecular formula is C34H40N8O2. The third-order valence-corrected chi connectivity index (χ3v) is 8.76. The first kappa shape index (κ1) is 29.5. The van der Waals surface area contributed by atoms with Gasteiger partial charge in [0.2, 0.25) is 5.91 Å². The molecule has 44 heavy (non-hydrogen) atoms. The highest BCUT2D eigenvalue weighted by Gasteiger charge is 2.31. The lowest BCUT2D eigenvalue weighted by atomic mass is 10.0. The van der Waals surface area contributed by atoms with Gasteiger partial charge in [-0.25, -0.2) is 15.0 Å². The molecule has 3 N–H and O–H groups in total. The number of hydrogen-bond donors (Lipinski definition) is 2. The van der Waals surface area contributed by atoms with Crippen LogP contribution in [-0.4, -0.2) is 73.9 Å². The van der Waals surface area contributed by atoms with Crippen LogP contribution in [0.1, 0.15) is 60.3 Å². The second-order valence-corrected chi connectivity index (χ2v) is 11.9. The topological polar surface area (TPSA) is 122 Å². The summed E-state index contributed by atoms with van der Waals surface area (Å²) in [5.41, 5.74) is 11.7. The number of likely N-dealkylation sites (tertiary alicyclic amines) is 1. The smallest absolute Gasteiger partial charge is 0.256 e. The summed E-state index contributed by atoms with van der Waals surface area (Å²) in [5, 5.41) is 3.70. The van der Waals surface area contributed by atoms with Gasteiger partial charge in [-0.3, -0.25) is 14.5 Å². The van der Waals surface area contributed by atoms with Gasteiger partial charge < -0.3 is 20.5 Å². The van der Waals surface area contributed by atoms with Gasteiger partial charge in [-0.05, 0) is 75.0 Å². The Kier molecular flexibility index (Phi) is 8.43. The standard InChI is InChI=1S/C34H40N8O2/c1-4-6-23-14-16-36-28(19-23)39-34(44)25-10-8-24(9-11-25)30-22(2)42(33-31(30)32(35)37-21-38-33)27-15-18-41(20-27)29(43)7-5-17-40(3)26-12-13-26/h5,7-11,14,16,19,21,26-27H,4,6,12-13,15,17-18,20H2,1-3H3,(H2,35,37,38)(H,36,39,44). The Labute approximate surface area is 258 Å². The molecule has 1 aromatic carbocycles. The molecule has 4 heterocycles. The third kappa shape index (κ3) is 6.07. The summed E-state index contributed by atoms with van der Waals surface area (Å²) in [6.07, 6.45) is 12.2. The van der Waals surface area contributed by atoms with Crippen LogP contribution < -0.4 is 11.1 Å². The van der Waals surface area contributed by atoms with Gasteiger partial charge in [0.1, 0.15) is 23.6 Å². The monoisotopic (exact) mass is 592 g/mol. The van der Waals surface area contributed by atoms with Gasteiger partial charge in [0.15, 0.2) is 0 Å². The molecule has 1 saturated heterocycles. The molecule has 2 aliphatic rings. The molecule has 3 aromatic heterocycles. The average Bonchev–Trinajstić information content (AvgIpc) is 3.68. The Bertz CT molecular complexity index is 1710. The summed E-state index contributed by atoms with van der Waals surface area (Å²) >= 11 is 0. The minimum atomic E-state index is -0.219. The van der Waals surface area contributed by atoms with Gasteiger partial charge in [-0.15, -0.1) is 0 Å². The minimum absolute atomic E-state index is 0.0429. The van der Waals surface area contributed by atoms with Gasteiger partial charge in [-0.2, -0.15) is 0 Å². The van der Waals surface area contributed by atoms with Crippen molar-refractivity contribution >= 4 is 34.5 Å². The number of hydrogen-bond acceptors (Lipinski definition) is 7. The summed E-state index contributed by atoms with van der Waals surface area (Å²) in [5.74, 6) is 0.768. The van der Waals surface area contributed by atoms with Crippen LogP contribution in [0.2, 0.25) is 0 Å². The number of amides is 2. The van der Waals surface area contributed by atoms with E-state index in [-0.39, 0.29) is 17.9 Å². The van der Waals surface area contributed by atoms with E-state index in [1.807, 2.05) is 47.4 Å². The molecule has 4 aromatic rings. The van der Waals surface area contributed by atoms with Crippen LogP contribution in [0.15, 0.2) is 61.1 Å². The number of rotatable bonds is 10. The number of benzene rings is 1. The van der Waals surface area contributed by atoms with Crippen molar-refractivity contribution in [3.05, 3.63) is 77.9 Å². The molecule has 228 valence electrons. The number of aryl methyl sites for hydroxylation is 1. The Balaban J connectivity index is 1.22. The second-order valence-electron chi connectivity index (χ2n) is 11.9. The SMILES string of the molecule is CCCc1ccnc(NC(=O)c2ccc(-c3c(C)n(C4CCN(C(=O)C=CCN(C)C5CC5)C4)c4ncnc(N)c34)cc2)c1. The number of likely N-dealkylation sites (N-methyl/N-ethyl adjacent to an activating group) is 1. The number of aromatic nitrogens is 4. The number of pyridine rings is 1. The molecule has 2 amide bonds. The zero-order valence-corrected chi connectivity index (χ0v) is 25.7. The zero-order valence-electron chi connectivity index (χ0n) is 25.7. The first-order valence-corrected chi connectivity index (χ1v) is 15.5. The summed E-state index contributed by atoms with van der Waals surface area (Å²) < 4.78 is 2.20. The quantitative estimate of drug-likeness (QED) is 0.248. The molecule has 10 heteroatoms.